The molecule has 0 heterocycles. The topological polar surface area (TPSA) is 255 Å². The number of carboxylic acid groups (broad SMARTS) is 1. The highest BCUT2D eigenvalue weighted by Crippen LogP contribution is 2.00. The van der Waals surface area contributed by atoms with Crippen molar-refractivity contribution < 1.29 is 34.5 Å². The summed E-state index contributed by atoms with van der Waals surface area (Å²) in [6.45, 7) is 0.617. The number of aliphatic hydroxyl groups excluding tert-OH is 2. The summed E-state index contributed by atoms with van der Waals surface area (Å²) in [5.41, 5.74) is 16.1. The number of aliphatic carboxylic acids is 1. The molecule has 14 nitrogen and oxygen atoms in total. The smallest absolute Gasteiger partial charge is 0.327 e. The molecule has 178 valence electrons. The number of hydrogen-bond acceptors (Lipinski definition) is 9. The number of nitrogens with two attached hydrogens (primary N) is 3. The first-order valence-corrected chi connectivity index (χ1v) is 9.92. The Balaban J connectivity index is 4.97. The van der Waals surface area contributed by atoms with Crippen molar-refractivity contribution in [2.24, 2.45) is 22.2 Å². The van der Waals surface area contributed by atoms with Gasteiger partial charge in [-0.05, 0) is 19.8 Å². The molecule has 0 aliphatic rings. The predicted molar refractivity (Wildman–Crippen MR) is 114 cm³/mol. The van der Waals surface area contributed by atoms with E-state index >= 15 is 0 Å². The van der Waals surface area contributed by atoms with Crippen LogP contribution in [-0.2, 0) is 19.2 Å². The van der Waals surface area contributed by atoms with E-state index in [0.717, 1.165) is 0 Å². The SMILES string of the molecule is CC(O)C(NC(=O)C(N)CCCN=C(N)N)C(=O)NC(CO)C(=O)NC(CS)C(=O)O. The monoisotopic (exact) mass is 465 g/mol. The maximum Gasteiger partial charge on any atom is 0.327 e. The van der Waals surface area contributed by atoms with E-state index in [9.17, 15) is 29.4 Å². The molecule has 0 aromatic heterocycles. The van der Waals surface area contributed by atoms with Gasteiger partial charge in [-0.1, -0.05) is 0 Å². The van der Waals surface area contributed by atoms with E-state index in [0.29, 0.717) is 6.42 Å². The van der Waals surface area contributed by atoms with Crippen LogP contribution in [0, 0.1) is 0 Å². The van der Waals surface area contributed by atoms with Crippen LogP contribution < -0.4 is 33.2 Å². The quantitative estimate of drug-likeness (QED) is 0.0506. The molecule has 3 amide bonds. The van der Waals surface area contributed by atoms with Crippen molar-refractivity contribution in [1.29, 1.82) is 0 Å². The number of nitrogens with one attached hydrogen (secondary N) is 3. The van der Waals surface area contributed by atoms with E-state index in [1.54, 1.807) is 0 Å². The van der Waals surface area contributed by atoms with Crippen LogP contribution in [0.4, 0.5) is 0 Å². The molecule has 0 fully saturated rings. The third-order valence-electron chi connectivity index (χ3n) is 3.98. The first-order chi connectivity index (χ1) is 14.4. The standard InChI is InChI=1S/C16H31N7O7S/c1-7(25)11(23-12(26)8(17)3-2-4-20-16(18)19)14(28)21-9(5-24)13(27)22-10(6-31)15(29)30/h7-11,24-25,31H,2-6,17H2,1H3,(H,21,28)(H,22,27)(H,23,26)(H,29,30)(H4,18,19,20). The van der Waals surface area contributed by atoms with Gasteiger partial charge in [0.1, 0.15) is 18.1 Å². The van der Waals surface area contributed by atoms with E-state index in [1.165, 1.54) is 6.92 Å². The summed E-state index contributed by atoms with van der Waals surface area (Å²) in [6.07, 6.45) is -0.788. The summed E-state index contributed by atoms with van der Waals surface area (Å²) in [6, 6.07) is -5.38. The summed E-state index contributed by atoms with van der Waals surface area (Å²) >= 11 is 3.80. The number of nitrogens with zero attached hydrogens (tertiary/aromatic N) is 1. The number of aliphatic imine (C=N–C) groups is 1. The molecular formula is C16H31N7O7S. The molecule has 0 aromatic carbocycles. The van der Waals surface area contributed by atoms with E-state index in [2.05, 4.69) is 33.6 Å². The van der Waals surface area contributed by atoms with Gasteiger partial charge < -0.3 is 48.5 Å². The van der Waals surface area contributed by atoms with Crippen LogP contribution in [0.15, 0.2) is 4.99 Å². The fourth-order valence-electron chi connectivity index (χ4n) is 2.23. The van der Waals surface area contributed by atoms with Gasteiger partial charge in [0.05, 0.1) is 18.8 Å². The Morgan fingerprint density at radius 2 is 1.61 bits per heavy atom. The molecule has 0 spiro atoms. The Bertz CT molecular complexity index is 658. The number of carboxylic acids is 1. The zero-order valence-corrected chi connectivity index (χ0v) is 17.9. The maximum absolute atomic E-state index is 12.4. The summed E-state index contributed by atoms with van der Waals surface area (Å²) in [5.74, 6) is -4.38. The van der Waals surface area contributed by atoms with Crippen molar-refractivity contribution >= 4 is 42.3 Å². The van der Waals surface area contributed by atoms with Gasteiger partial charge in [-0.3, -0.25) is 19.4 Å². The summed E-state index contributed by atoms with van der Waals surface area (Å²) in [7, 11) is 0. The lowest BCUT2D eigenvalue weighted by molar-refractivity contribution is -0.142. The molecule has 0 radical (unpaired) electrons. The molecule has 0 saturated heterocycles. The lowest BCUT2D eigenvalue weighted by atomic mass is 10.1. The van der Waals surface area contributed by atoms with Crippen LogP contribution >= 0.6 is 12.6 Å². The zero-order chi connectivity index (χ0) is 24.1. The van der Waals surface area contributed by atoms with Crippen molar-refractivity contribution in [1.82, 2.24) is 16.0 Å². The minimum absolute atomic E-state index is 0.101. The highest BCUT2D eigenvalue weighted by atomic mass is 32.1. The lowest BCUT2D eigenvalue weighted by Gasteiger charge is -2.25. The molecule has 0 aliphatic carbocycles. The van der Waals surface area contributed by atoms with Crippen LogP contribution in [0.5, 0.6) is 0 Å². The molecular weight excluding hydrogens is 434 g/mol. The van der Waals surface area contributed by atoms with Crippen LogP contribution in [0.1, 0.15) is 19.8 Å². The number of hydrogen-bond donors (Lipinski definition) is 10. The fraction of sp³-hybridized carbons (Fsp3) is 0.688. The molecule has 5 atom stereocenters. The van der Waals surface area contributed by atoms with E-state index in [1.807, 2.05) is 0 Å². The minimum Gasteiger partial charge on any atom is -0.480 e. The summed E-state index contributed by atoms with van der Waals surface area (Å²) < 4.78 is 0. The summed E-state index contributed by atoms with van der Waals surface area (Å²) in [5, 5.41) is 34.7. The van der Waals surface area contributed by atoms with Crippen molar-refractivity contribution in [3.63, 3.8) is 0 Å². The molecule has 0 bridgehead atoms. The molecule has 15 heteroatoms. The molecule has 0 aliphatic heterocycles. The number of rotatable bonds is 14. The van der Waals surface area contributed by atoms with Crippen LogP contribution in [0.25, 0.3) is 0 Å². The van der Waals surface area contributed by atoms with Crippen molar-refractivity contribution in [3.8, 4) is 0 Å². The van der Waals surface area contributed by atoms with E-state index in [-0.39, 0.29) is 24.7 Å². The molecule has 0 rings (SSSR count). The van der Waals surface area contributed by atoms with E-state index in [4.69, 9.17) is 22.3 Å². The van der Waals surface area contributed by atoms with Crippen molar-refractivity contribution in [2.75, 3.05) is 18.9 Å². The van der Waals surface area contributed by atoms with Crippen LogP contribution in [-0.4, -0.2) is 94.1 Å². The molecule has 12 N–H and O–H groups in total. The van der Waals surface area contributed by atoms with Gasteiger partial charge in [-0.25, -0.2) is 4.79 Å². The number of carbonyl (C=O) groups excluding carboxylic acids is 3. The Hall–Kier alpha value is -2.62. The van der Waals surface area contributed by atoms with Crippen molar-refractivity contribution in [3.05, 3.63) is 0 Å². The Morgan fingerprint density at radius 3 is 2.06 bits per heavy atom. The van der Waals surface area contributed by atoms with Gasteiger partial charge in [0.2, 0.25) is 17.7 Å². The number of amides is 3. The van der Waals surface area contributed by atoms with Gasteiger partial charge in [0.15, 0.2) is 5.96 Å². The average molecular weight is 466 g/mol. The number of thiol groups is 1. The van der Waals surface area contributed by atoms with Crippen LogP contribution in [0.2, 0.25) is 0 Å². The fourth-order valence-corrected chi connectivity index (χ4v) is 2.48. The largest absolute Gasteiger partial charge is 0.480 e. The molecule has 0 saturated carbocycles. The summed E-state index contributed by atoms with van der Waals surface area (Å²) in [4.78, 5) is 51.5. The highest BCUT2D eigenvalue weighted by Gasteiger charge is 2.31. The number of carbonyl (C=O) groups is 4. The Labute approximate surface area is 184 Å². The van der Waals surface area contributed by atoms with Crippen molar-refractivity contribution in [2.45, 2.75) is 50.0 Å². The number of aliphatic hydroxyl groups is 2. The zero-order valence-electron chi connectivity index (χ0n) is 17.0. The van der Waals surface area contributed by atoms with Gasteiger partial charge in [-0.2, -0.15) is 12.6 Å². The normalized spacial score (nSPS) is 15.5. The number of guanidine groups is 1. The average Bonchev–Trinajstić information content (AvgIpc) is 2.69. The second kappa shape index (κ2) is 14.4. The second-order valence-corrected chi connectivity index (χ2v) is 6.97. The minimum atomic E-state index is -1.53. The Morgan fingerprint density at radius 1 is 1.03 bits per heavy atom. The third-order valence-corrected chi connectivity index (χ3v) is 4.34. The first-order valence-electron chi connectivity index (χ1n) is 9.29. The van der Waals surface area contributed by atoms with Crippen LogP contribution in [0.3, 0.4) is 0 Å². The molecule has 31 heavy (non-hydrogen) atoms. The first kappa shape index (κ1) is 28.4. The molecule has 0 aromatic rings. The lowest BCUT2D eigenvalue weighted by Crippen LogP contribution is -2.60. The second-order valence-electron chi connectivity index (χ2n) is 6.61. The molecule has 5 unspecified atom stereocenters. The highest BCUT2D eigenvalue weighted by molar-refractivity contribution is 7.80. The van der Waals surface area contributed by atoms with Gasteiger partial charge in [-0.15, -0.1) is 0 Å². The van der Waals surface area contributed by atoms with E-state index < -0.39 is 60.6 Å². The van der Waals surface area contributed by atoms with Gasteiger partial charge in [0.25, 0.3) is 0 Å². The maximum atomic E-state index is 12.4. The third kappa shape index (κ3) is 10.8. The predicted octanol–water partition coefficient (Wildman–Crippen LogP) is -4.79. The Kier molecular flexibility index (Phi) is 13.2. The van der Waals surface area contributed by atoms with Gasteiger partial charge >= 0.3 is 5.97 Å². The van der Waals surface area contributed by atoms with Gasteiger partial charge in [0, 0.05) is 12.3 Å².